The summed E-state index contributed by atoms with van der Waals surface area (Å²) in [5, 5.41) is 11.7. The molecule has 116 valence electrons. The van der Waals surface area contributed by atoms with Crippen molar-refractivity contribution in [2.45, 2.75) is 26.6 Å². The smallest absolute Gasteiger partial charge is 0.350 e. The molecule has 0 radical (unpaired) electrons. The van der Waals surface area contributed by atoms with Gasteiger partial charge in [-0.3, -0.25) is 0 Å². The molecular weight excluding hydrogens is 290 g/mol. The van der Waals surface area contributed by atoms with Gasteiger partial charge in [0.2, 0.25) is 0 Å². The summed E-state index contributed by atoms with van der Waals surface area (Å²) in [7, 11) is 0. The number of rotatable bonds is 3. The van der Waals surface area contributed by atoms with E-state index in [4.69, 9.17) is 14.6 Å². The van der Waals surface area contributed by atoms with Crippen LogP contribution in [0.5, 0.6) is 0 Å². The lowest BCUT2D eigenvalue weighted by Gasteiger charge is -2.29. The van der Waals surface area contributed by atoms with Gasteiger partial charge in [-0.15, -0.1) is 0 Å². The van der Waals surface area contributed by atoms with E-state index in [0.717, 1.165) is 0 Å². The molecule has 0 saturated carbocycles. The number of carboxylic acid groups (broad SMARTS) is 1. The van der Waals surface area contributed by atoms with Crippen molar-refractivity contribution in [2.24, 2.45) is 0 Å². The highest BCUT2D eigenvalue weighted by Crippen LogP contribution is 2.23. The van der Waals surface area contributed by atoms with E-state index in [-0.39, 0.29) is 11.1 Å². The number of benzene rings is 1. The van der Waals surface area contributed by atoms with Gasteiger partial charge in [0.1, 0.15) is 0 Å². The number of carbonyl (C=O) groups is 3. The van der Waals surface area contributed by atoms with Crippen molar-refractivity contribution in [1.82, 2.24) is 0 Å². The normalized spacial score (nSPS) is 16.6. The van der Waals surface area contributed by atoms with Gasteiger partial charge in [0.25, 0.3) is 5.79 Å². The van der Waals surface area contributed by atoms with Gasteiger partial charge in [-0.1, -0.05) is 0 Å². The van der Waals surface area contributed by atoms with Crippen molar-refractivity contribution >= 4 is 23.6 Å². The average molecular weight is 305 g/mol. The number of hydrogen-bond acceptors (Lipinski definition) is 6. The van der Waals surface area contributed by atoms with Crippen LogP contribution in [-0.4, -0.2) is 28.8 Å². The Morgan fingerprint density at radius 3 is 2.32 bits per heavy atom. The van der Waals surface area contributed by atoms with Crippen molar-refractivity contribution in [1.29, 1.82) is 0 Å². The van der Waals surface area contributed by atoms with E-state index in [9.17, 15) is 14.4 Å². The molecule has 0 unspecified atom stereocenters. The maximum Gasteiger partial charge on any atom is 0.350 e. The second-order valence-corrected chi connectivity index (χ2v) is 5.22. The van der Waals surface area contributed by atoms with Gasteiger partial charge in [-0.05, 0) is 30.7 Å². The lowest BCUT2D eigenvalue weighted by Crippen LogP contribution is -2.42. The number of carboxylic acids is 1. The molecule has 1 aliphatic rings. The lowest BCUT2D eigenvalue weighted by molar-refractivity contribution is -0.222. The molecule has 1 aromatic rings. The van der Waals surface area contributed by atoms with Crippen LogP contribution in [0.25, 0.3) is 0 Å². The zero-order valence-electron chi connectivity index (χ0n) is 12.3. The number of carbonyl (C=O) groups excluding carboxylic acids is 2. The molecule has 0 spiro atoms. The molecule has 1 fully saturated rings. The minimum Gasteiger partial charge on any atom is -0.478 e. The second kappa shape index (κ2) is 5.51. The van der Waals surface area contributed by atoms with Crippen LogP contribution in [0.4, 0.5) is 5.69 Å². The molecule has 1 aliphatic heterocycles. The fraction of sp³-hybridized carbons (Fsp3) is 0.267. The van der Waals surface area contributed by atoms with Crippen molar-refractivity contribution in [2.75, 3.05) is 5.32 Å². The van der Waals surface area contributed by atoms with Gasteiger partial charge in [0, 0.05) is 25.7 Å². The van der Waals surface area contributed by atoms with Crippen LogP contribution in [0.2, 0.25) is 0 Å². The molecule has 2 rings (SSSR count). The molecule has 0 amide bonds. The van der Waals surface area contributed by atoms with Gasteiger partial charge < -0.3 is 19.9 Å². The van der Waals surface area contributed by atoms with Crippen molar-refractivity contribution < 1.29 is 29.0 Å². The Morgan fingerprint density at radius 2 is 1.82 bits per heavy atom. The molecule has 0 atom stereocenters. The van der Waals surface area contributed by atoms with E-state index in [1.807, 2.05) is 0 Å². The number of esters is 2. The van der Waals surface area contributed by atoms with Crippen LogP contribution < -0.4 is 5.32 Å². The minimum atomic E-state index is -1.29. The minimum absolute atomic E-state index is 0.177. The van der Waals surface area contributed by atoms with E-state index in [2.05, 4.69) is 5.32 Å². The van der Waals surface area contributed by atoms with Crippen molar-refractivity contribution in [3.63, 3.8) is 0 Å². The Balaban J connectivity index is 2.18. The second-order valence-electron chi connectivity index (χ2n) is 5.22. The summed E-state index contributed by atoms with van der Waals surface area (Å²) in [6.45, 7) is 4.56. The molecule has 0 bridgehead atoms. The highest BCUT2D eigenvalue weighted by atomic mass is 16.7. The third kappa shape index (κ3) is 3.25. The predicted octanol–water partition coefficient (Wildman–Crippen LogP) is 1.83. The molecule has 22 heavy (non-hydrogen) atoms. The zero-order valence-corrected chi connectivity index (χ0v) is 12.3. The summed E-state index contributed by atoms with van der Waals surface area (Å²) in [5.74, 6) is -3.88. The van der Waals surface area contributed by atoms with Gasteiger partial charge in [-0.2, -0.15) is 0 Å². The van der Waals surface area contributed by atoms with Gasteiger partial charge in [0.05, 0.1) is 5.56 Å². The third-order valence-corrected chi connectivity index (χ3v) is 2.96. The predicted molar refractivity (Wildman–Crippen MR) is 76.1 cm³/mol. The van der Waals surface area contributed by atoms with E-state index in [0.29, 0.717) is 11.3 Å². The van der Waals surface area contributed by atoms with E-state index < -0.39 is 23.7 Å². The summed E-state index contributed by atoms with van der Waals surface area (Å²) in [5.41, 5.74) is 0.988. The zero-order chi connectivity index (χ0) is 16.5. The summed E-state index contributed by atoms with van der Waals surface area (Å²) >= 11 is 0. The molecule has 0 aliphatic carbocycles. The van der Waals surface area contributed by atoms with Crippen LogP contribution in [0.1, 0.15) is 29.8 Å². The molecule has 7 heteroatoms. The van der Waals surface area contributed by atoms with Crippen LogP contribution in [-0.2, 0) is 19.1 Å². The fourth-order valence-electron chi connectivity index (χ4n) is 1.93. The van der Waals surface area contributed by atoms with Gasteiger partial charge >= 0.3 is 17.9 Å². The fourth-order valence-corrected chi connectivity index (χ4v) is 1.93. The quantitative estimate of drug-likeness (QED) is 0.499. The number of anilines is 1. The first-order valence-electron chi connectivity index (χ1n) is 6.47. The number of nitrogens with one attached hydrogen (secondary N) is 1. The molecule has 7 nitrogen and oxygen atoms in total. The van der Waals surface area contributed by atoms with E-state index in [1.165, 1.54) is 32.2 Å². The molecule has 2 N–H and O–H groups in total. The van der Waals surface area contributed by atoms with Crippen molar-refractivity contribution in [3.8, 4) is 0 Å². The molecule has 1 heterocycles. The van der Waals surface area contributed by atoms with Crippen LogP contribution in [0, 0.1) is 6.92 Å². The Bertz CT molecular complexity index is 667. The van der Waals surface area contributed by atoms with Gasteiger partial charge in [-0.25, -0.2) is 14.4 Å². The topological polar surface area (TPSA) is 102 Å². The van der Waals surface area contributed by atoms with Crippen LogP contribution in [0.3, 0.4) is 0 Å². The first-order valence-corrected chi connectivity index (χ1v) is 6.47. The number of cyclic esters (lactones) is 2. The molecule has 1 aromatic carbocycles. The SMILES string of the molecule is Cc1cc(NC=C2C(=O)OC(C)(C)OC2=O)ccc1C(=O)O. The Morgan fingerprint density at radius 1 is 1.23 bits per heavy atom. The number of aromatic carboxylic acids is 1. The molecular formula is C15H15NO6. The van der Waals surface area contributed by atoms with Crippen molar-refractivity contribution in [3.05, 3.63) is 41.1 Å². The van der Waals surface area contributed by atoms with Crippen LogP contribution in [0.15, 0.2) is 30.0 Å². The Labute approximate surface area is 126 Å². The lowest BCUT2D eigenvalue weighted by atomic mass is 10.1. The third-order valence-electron chi connectivity index (χ3n) is 2.96. The highest BCUT2D eigenvalue weighted by molar-refractivity contribution is 6.15. The van der Waals surface area contributed by atoms with Gasteiger partial charge in [0.15, 0.2) is 5.57 Å². The summed E-state index contributed by atoms with van der Waals surface area (Å²) < 4.78 is 9.90. The largest absolute Gasteiger partial charge is 0.478 e. The monoisotopic (exact) mass is 305 g/mol. The standard InChI is InChI=1S/C15H15NO6/c1-8-6-9(4-5-10(8)12(17)18)16-7-11-13(19)21-15(2,3)22-14(11)20/h4-7,16H,1-3H3,(H,17,18). The number of ether oxygens (including phenoxy) is 2. The molecule has 1 saturated heterocycles. The summed E-state index contributed by atoms with van der Waals surface area (Å²) in [6, 6.07) is 4.54. The van der Waals surface area contributed by atoms with Crippen LogP contribution >= 0.6 is 0 Å². The first kappa shape index (κ1) is 15.6. The first-order chi connectivity index (χ1) is 10.2. The number of hydrogen-bond donors (Lipinski definition) is 2. The summed E-state index contributed by atoms with van der Waals surface area (Å²) in [6.07, 6.45) is 1.18. The maximum atomic E-state index is 11.7. The average Bonchev–Trinajstić information content (AvgIpc) is 2.35. The Hall–Kier alpha value is -2.83. The van der Waals surface area contributed by atoms with E-state index >= 15 is 0 Å². The number of aryl methyl sites for hydroxylation is 1. The Kier molecular flexibility index (Phi) is 3.90. The summed E-state index contributed by atoms with van der Waals surface area (Å²) in [4.78, 5) is 34.4. The molecule has 0 aromatic heterocycles. The maximum absolute atomic E-state index is 11.7. The van der Waals surface area contributed by atoms with E-state index in [1.54, 1.807) is 13.0 Å². The highest BCUT2D eigenvalue weighted by Gasteiger charge is 2.38.